The van der Waals surface area contributed by atoms with Gasteiger partial charge in [-0.15, -0.1) is 11.3 Å². The number of ether oxygens (including phenoxy) is 2. The number of benzene rings is 1. The number of carbonyl (C=O) groups excluding carboxylic acids is 2. The highest BCUT2D eigenvalue weighted by molar-refractivity contribution is 7.89. The molecule has 1 aromatic heterocycles. The molecule has 0 amide bonds. The van der Waals surface area contributed by atoms with Crippen molar-refractivity contribution in [2.24, 2.45) is 16.8 Å². The van der Waals surface area contributed by atoms with E-state index < -0.39 is 44.6 Å². The fourth-order valence-electron chi connectivity index (χ4n) is 5.71. The van der Waals surface area contributed by atoms with Crippen molar-refractivity contribution in [3.8, 4) is 0 Å². The molecule has 238 valence electrons. The molecule has 2 fully saturated rings. The van der Waals surface area contributed by atoms with E-state index in [0.29, 0.717) is 34.9 Å². The number of aromatic nitrogens is 1. The highest BCUT2D eigenvalue weighted by atomic mass is 35.5. The molecular formula is C30H36ClFN4O6S2. The van der Waals surface area contributed by atoms with Crippen LogP contribution in [0.5, 0.6) is 0 Å². The molecule has 14 heteroatoms. The topological polar surface area (TPSA) is 127 Å². The Labute approximate surface area is 265 Å². The minimum Gasteiger partial charge on any atom is -0.463 e. The van der Waals surface area contributed by atoms with Crippen LogP contribution in [-0.2, 0) is 29.1 Å². The molecule has 0 spiro atoms. The third-order valence-electron chi connectivity index (χ3n) is 7.94. The lowest BCUT2D eigenvalue weighted by Gasteiger charge is -2.40. The van der Waals surface area contributed by atoms with Crippen LogP contribution in [-0.4, -0.2) is 66.0 Å². The quantitative estimate of drug-likeness (QED) is 0.390. The van der Waals surface area contributed by atoms with E-state index in [1.807, 2.05) is 0 Å². The molecule has 1 atom stereocenters. The molecule has 44 heavy (non-hydrogen) atoms. The third kappa shape index (κ3) is 6.85. The number of nitrogens with one attached hydrogen (secondary N) is 1. The van der Waals surface area contributed by atoms with Gasteiger partial charge in [0.1, 0.15) is 17.5 Å². The van der Waals surface area contributed by atoms with Gasteiger partial charge in [0.15, 0.2) is 10.8 Å². The zero-order valence-corrected chi connectivity index (χ0v) is 27.4. The summed E-state index contributed by atoms with van der Waals surface area (Å²) in [5, 5.41) is 5.21. The van der Waals surface area contributed by atoms with Crippen molar-refractivity contribution in [2.45, 2.75) is 70.3 Å². The first-order valence-electron chi connectivity index (χ1n) is 14.6. The third-order valence-corrected chi connectivity index (χ3v) is 11.4. The van der Waals surface area contributed by atoms with Gasteiger partial charge in [-0.1, -0.05) is 17.7 Å². The molecule has 1 saturated heterocycles. The summed E-state index contributed by atoms with van der Waals surface area (Å²) >= 11 is 7.84. The average molecular weight is 667 g/mol. The Kier molecular flexibility index (Phi) is 9.50. The summed E-state index contributed by atoms with van der Waals surface area (Å²) in [4.78, 5) is 35.1. The van der Waals surface area contributed by atoms with Gasteiger partial charge in [0.2, 0.25) is 10.0 Å². The fourth-order valence-corrected chi connectivity index (χ4v) is 8.66. The van der Waals surface area contributed by atoms with Gasteiger partial charge >= 0.3 is 11.9 Å². The smallest absolute Gasteiger partial charge is 0.338 e. The Hall–Kier alpha value is -2.87. The molecule has 1 saturated carbocycles. The Balaban J connectivity index is 1.39. The van der Waals surface area contributed by atoms with E-state index >= 15 is 0 Å². The number of halogens is 2. The van der Waals surface area contributed by atoms with Crippen LogP contribution in [0.15, 0.2) is 46.0 Å². The number of amidine groups is 1. The lowest BCUT2D eigenvalue weighted by atomic mass is 9.85. The lowest BCUT2D eigenvalue weighted by Crippen LogP contribution is -2.50. The molecule has 1 aromatic carbocycles. The van der Waals surface area contributed by atoms with Crippen molar-refractivity contribution in [2.75, 3.05) is 19.7 Å². The Bertz CT molecular complexity index is 1570. The fraction of sp³-hybridized carbons (Fsp3) is 0.533. The highest BCUT2D eigenvalue weighted by Gasteiger charge is 2.47. The second kappa shape index (κ2) is 12.9. The van der Waals surface area contributed by atoms with Crippen LogP contribution >= 0.6 is 22.9 Å². The maximum absolute atomic E-state index is 14.0. The van der Waals surface area contributed by atoms with E-state index in [1.165, 1.54) is 33.8 Å². The Morgan fingerprint density at radius 1 is 1.20 bits per heavy atom. The maximum Gasteiger partial charge on any atom is 0.338 e. The van der Waals surface area contributed by atoms with Gasteiger partial charge in [0, 0.05) is 46.9 Å². The summed E-state index contributed by atoms with van der Waals surface area (Å²) < 4.78 is 53.3. The van der Waals surface area contributed by atoms with Crippen molar-refractivity contribution < 1.29 is 31.9 Å². The molecule has 3 heterocycles. The summed E-state index contributed by atoms with van der Waals surface area (Å²) in [6, 6.07) is 3.06. The molecule has 0 radical (unpaired) electrons. The molecule has 3 aliphatic rings. The number of aliphatic imine (C=N–C) groups is 1. The van der Waals surface area contributed by atoms with E-state index in [9.17, 15) is 22.4 Å². The number of allylic oxidation sites excluding steroid dienone is 1. The van der Waals surface area contributed by atoms with Gasteiger partial charge in [-0.3, -0.25) is 9.79 Å². The van der Waals surface area contributed by atoms with Crippen LogP contribution in [0.25, 0.3) is 0 Å². The van der Waals surface area contributed by atoms with Gasteiger partial charge < -0.3 is 14.8 Å². The molecule has 2 aliphatic heterocycles. The minimum absolute atomic E-state index is 0.117. The van der Waals surface area contributed by atoms with Crippen molar-refractivity contribution in [3.05, 3.63) is 62.5 Å². The second-order valence-electron chi connectivity index (χ2n) is 12.1. The largest absolute Gasteiger partial charge is 0.463 e. The van der Waals surface area contributed by atoms with Gasteiger partial charge in [-0.25, -0.2) is 26.9 Å². The van der Waals surface area contributed by atoms with Gasteiger partial charge in [-0.05, 0) is 65.5 Å². The van der Waals surface area contributed by atoms with Crippen LogP contribution in [0.2, 0.25) is 5.02 Å². The van der Waals surface area contributed by atoms with Crippen molar-refractivity contribution in [3.63, 3.8) is 0 Å². The minimum atomic E-state index is -3.63. The van der Waals surface area contributed by atoms with E-state index in [0.717, 1.165) is 0 Å². The first-order chi connectivity index (χ1) is 20.8. The summed E-state index contributed by atoms with van der Waals surface area (Å²) in [6.07, 6.45) is 2.99. The Morgan fingerprint density at radius 3 is 2.50 bits per heavy atom. The molecule has 5 rings (SSSR count). The molecule has 0 bridgehead atoms. The van der Waals surface area contributed by atoms with E-state index in [4.69, 9.17) is 26.1 Å². The molecular weight excluding hydrogens is 631 g/mol. The number of rotatable bonds is 8. The predicted octanol–water partition coefficient (Wildman–Crippen LogP) is 5.01. The molecule has 1 N–H and O–H groups in total. The zero-order valence-electron chi connectivity index (χ0n) is 25.0. The number of thiazole rings is 1. The SMILES string of the molecule is CCOC(=O)C1=C(C2CCN(S(=O)(=O)[C@H]3C[C@@H](C(=O)OC(C)(C)C)C3)CC2)NC(c2nccs2)=NC1c1ccc(F)cc1Cl. The number of hydrogen-bond donors (Lipinski definition) is 1. The van der Waals surface area contributed by atoms with Gasteiger partial charge in [-0.2, -0.15) is 0 Å². The Morgan fingerprint density at radius 2 is 1.91 bits per heavy atom. The van der Waals surface area contributed by atoms with Crippen molar-refractivity contribution in [1.82, 2.24) is 14.6 Å². The van der Waals surface area contributed by atoms with Crippen LogP contribution in [0.3, 0.4) is 0 Å². The first-order valence-corrected chi connectivity index (χ1v) is 17.4. The number of esters is 2. The lowest BCUT2D eigenvalue weighted by molar-refractivity contribution is -0.162. The number of carbonyl (C=O) groups is 2. The maximum atomic E-state index is 14.0. The van der Waals surface area contributed by atoms with Crippen LogP contribution in [0.1, 0.15) is 70.0 Å². The van der Waals surface area contributed by atoms with Gasteiger partial charge in [0.25, 0.3) is 0 Å². The van der Waals surface area contributed by atoms with E-state index in [-0.39, 0.29) is 55.0 Å². The summed E-state index contributed by atoms with van der Waals surface area (Å²) in [7, 11) is -3.63. The van der Waals surface area contributed by atoms with Crippen molar-refractivity contribution >= 4 is 50.7 Å². The van der Waals surface area contributed by atoms with Crippen LogP contribution in [0.4, 0.5) is 4.39 Å². The van der Waals surface area contributed by atoms with E-state index in [2.05, 4.69) is 10.3 Å². The monoisotopic (exact) mass is 666 g/mol. The van der Waals surface area contributed by atoms with Gasteiger partial charge in [0.05, 0.1) is 23.3 Å². The number of piperidine rings is 1. The zero-order chi connectivity index (χ0) is 31.8. The molecule has 1 unspecified atom stereocenters. The number of sulfonamides is 1. The van der Waals surface area contributed by atoms with Crippen molar-refractivity contribution in [1.29, 1.82) is 0 Å². The molecule has 10 nitrogen and oxygen atoms in total. The predicted molar refractivity (Wildman–Crippen MR) is 165 cm³/mol. The average Bonchev–Trinajstić information content (AvgIpc) is 3.46. The highest BCUT2D eigenvalue weighted by Crippen LogP contribution is 2.42. The van der Waals surface area contributed by atoms with E-state index in [1.54, 1.807) is 39.3 Å². The summed E-state index contributed by atoms with van der Waals surface area (Å²) in [6.45, 7) is 7.68. The summed E-state index contributed by atoms with van der Waals surface area (Å²) in [5.41, 5.74) is 0.632. The van der Waals surface area contributed by atoms with Crippen LogP contribution < -0.4 is 5.32 Å². The molecule has 1 aliphatic carbocycles. The normalized spacial score (nSPS) is 23.4. The summed E-state index contributed by atoms with van der Waals surface area (Å²) in [5.74, 6) is -1.68. The second-order valence-corrected chi connectivity index (χ2v) is 15.6. The number of nitrogens with zero attached hydrogens (tertiary/aromatic N) is 3. The van der Waals surface area contributed by atoms with Crippen LogP contribution in [0, 0.1) is 17.7 Å². The molecule has 2 aromatic rings. The number of hydrogen-bond acceptors (Lipinski definition) is 10. The standard InChI is InChI=1S/C30H36ClFN4O6S2/c1-5-41-29(38)23-24(34-26(27-33-10-13-43-27)35-25(23)21-7-6-19(32)16-22(21)31)17-8-11-36(12-9-17)44(39,40)20-14-18(15-20)28(37)42-30(2,3)4/h6-7,10,13,16-18,20,25H,5,8-9,11-12,14-15H2,1-4H3,(H,34,35)/t18-,20+,25?. The first kappa shape index (κ1) is 32.5.